The zero-order valence-electron chi connectivity index (χ0n) is 17.8. The Morgan fingerprint density at radius 1 is 0.818 bits per heavy atom. The fourth-order valence-electron chi connectivity index (χ4n) is 3.75. The second-order valence-corrected chi connectivity index (χ2v) is 8.63. The van der Waals surface area contributed by atoms with Crippen LogP contribution in [0.5, 0.6) is 11.8 Å². The molecule has 0 aliphatic carbocycles. The Hall–Kier alpha value is -3.64. The lowest BCUT2D eigenvalue weighted by atomic mass is 10.1. The quantitative estimate of drug-likeness (QED) is 0.304. The van der Waals surface area contributed by atoms with Gasteiger partial charge in [-0.05, 0) is 41.0 Å². The van der Waals surface area contributed by atoms with E-state index in [2.05, 4.69) is 20.9 Å². The van der Waals surface area contributed by atoms with Crippen LogP contribution in [0.25, 0.3) is 0 Å². The van der Waals surface area contributed by atoms with Crippen LogP contribution < -0.4 is 14.4 Å². The normalized spacial score (nSPS) is 12.5. The fourth-order valence-corrected chi connectivity index (χ4v) is 4.16. The molecule has 0 unspecified atom stereocenters. The molecule has 0 radical (unpaired) electrons. The lowest BCUT2D eigenvalue weighted by molar-refractivity contribution is 0.0995. The standard InChI is InChI=1S/C27H21BrN2O3/c28-22-11-12-23-21(15-22)16-30(27(23)31)24-13-14-25(32-17-19-7-3-1-4-8-19)29-26(24)33-18-20-9-5-2-6-10-20/h1-15H,16-18H2. The number of rotatable bonds is 7. The summed E-state index contributed by atoms with van der Waals surface area (Å²) in [5.41, 5.74) is 4.34. The molecule has 0 saturated heterocycles. The Labute approximate surface area is 200 Å². The number of anilines is 1. The van der Waals surface area contributed by atoms with Crippen molar-refractivity contribution in [1.82, 2.24) is 4.98 Å². The Kier molecular flexibility index (Phi) is 6.09. The third kappa shape index (κ3) is 4.76. The zero-order chi connectivity index (χ0) is 22.6. The smallest absolute Gasteiger partial charge is 0.259 e. The van der Waals surface area contributed by atoms with E-state index in [0.29, 0.717) is 42.8 Å². The van der Waals surface area contributed by atoms with Crippen LogP contribution in [0.15, 0.2) is 95.5 Å². The summed E-state index contributed by atoms with van der Waals surface area (Å²) in [6, 6.07) is 29.1. The van der Waals surface area contributed by atoms with Gasteiger partial charge in [-0.1, -0.05) is 76.6 Å². The first-order chi connectivity index (χ1) is 16.2. The molecule has 0 spiro atoms. The van der Waals surface area contributed by atoms with Gasteiger partial charge in [0, 0.05) is 16.1 Å². The van der Waals surface area contributed by atoms with Gasteiger partial charge in [-0.2, -0.15) is 4.98 Å². The van der Waals surface area contributed by atoms with Gasteiger partial charge in [-0.3, -0.25) is 9.69 Å². The van der Waals surface area contributed by atoms with Gasteiger partial charge in [0.1, 0.15) is 18.9 Å². The first-order valence-corrected chi connectivity index (χ1v) is 11.4. The van der Waals surface area contributed by atoms with Crippen LogP contribution in [-0.4, -0.2) is 10.9 Å². The number of amides is 1. The third-order valence-corrected chi connectivity index (χ3v) is 5.92. The second kappa shape index (κ2) is 9.46. The van der Waals surface area contributed by atoms with E-state index < -0.39 is 0 Å². The molecule has 5 rings (SSSR count). The molecule has 0 fully saturated rings. The number of halogens is 1. The summed E-state index contributed by atoms with van der Waals surface area (Å²) in [4.78, 5) is 19.4. The van der Waals surface area contributed by atoms with Crippen LogP contribution in [0.4, 0.5) is 5.69 Å². The minimum Gasteiger partial charge on any atom is -0.473 e. The summed E-state index contributed by atoms with van der Waals surface area (Å²) in [5, 5.41) is 0. The van der Waals surface area contributed by atoms with Crippen LogP contribution in [-0.2, 0) is 19.8 Å². The Morgan fingerprint density at radius 2 is 1.48 bits per heavy atom. The van der Waals surface area contributed by atoms with Crippen LogP contribution in [0.3, 0.4) is 0 Å². The molecule has 33 heavy (non-hydrogen) atoms. The number of hydrogen-bond donors (Lipinski definition) is 0. The van der Waals surface area contributed by atoms with Crippen molar-refractivity contribution in [1.29, 1.82) is 0 Å². The molecule has 0 N–H and O–H groups in total. The fraction of sp³-hybridized carbons (Fsp3) is 0.111. The van der Waals surface area contributed by atoms with Gasteiger partial charge < -0.3 is 9.47 Å². The summed E-state index contributed by atoms with van der Waals surface area (Å²) >= 11 is 3.49. The van der Waals surface area contributed by atoms with E-state index in [1.54, 1.807) is 11.0 Å². The molecule has 1 aliphatic heterocycles. The molecule has 0 atom stereocenters. The summed E-state index contributed by atoms with van der Waals surface area (Å²) in [7, 11) is 0. The van der Waals surface area contributed by atoms with Gasteiger partial charge in [0.05, 0.1) is 6.54 Å². The molecule has 6 heteroatoms. The van der Waals surface area contributed by atoms with Crippen LogP contribution >= 0.6 is 15.9 Å². The number of fused-ring (bicyclic) bond motifs is 1. The average Bonchev–Trinajstić information content (AvgIpc) is 3.18. The van der Waals surface area contributed by atoms with Gasteiger partial charge in [0.15, 0.2) is 0 Å². The van der Waals surface area contributed by atoms with Gasteiger partial charge in [-0.15, -0.1) is 0 Å². The maximum Gasteiger partial charge on any atom is 0.259 e. The summed E-state index contributed by atoms with van der Waals surface area (Å²) < 4.78 is 13.0. The number of pyridine rings is 1. The van der Waals surface area contributed by atoms with Gasteiger partial charge in [0.2, 0.25) is 11.8 Å². The highest BCUT2D eigenvalue weighted by atomic mass is 79.9. The molecule has 164 valence electrons. The number of carbonyl (C=O) groups excluding carboxylic acids is 1. The highest BCUT2D eigenvalue weighted by Gasteiger charge is 2.31. The number of carbonyl (C=O) groups is 1. The minimum absolute atomic E-state index is 0.0678. The van der Waals surface area contributed by atoms with Gasteiger partial charge in [0.25, 0.3) is 5.91 Å². The zero-order valence-corrected chi connectivity index (χ0v) is 19.4. The topological polar surface area (TPSA) is 51.7 Å². The van der Waals surface area contributed by atoms with Crippen molar-refractivity contribution >= 4 is 27.5 Å². The average molecular weight is 501 g/mol. The van der Waals surface area contributed by atoms with E-state index in [1.807, 2.05) is 84.9 Å². The van der Waals surface area contributed by atoms with Crippen molar-refractivity contribution < 1.29 is 14.3 Å². The second-order valence-electron chi connectivity index (χ2n) is 7.72. The molecular weight excluding hydrogens is 480 g/mol. The highest BCUT2D eigenvalue weighted by Crippen LogP contribution is 2.36. The molecule has 1 aromatic heterocycles. The van der Waals surface area contributed by atoms with Crippen molar-refractivity contribution in [2.75, 3.05) is 4.90 Å². The first-order valence-electron chi connectivity index (χ1n) is 10.6. The van der Waals surface area contributed by atoms with Crippen LogP contribution in [0, 0.1) is 0 Å². The molecule has 0 saturated carbocycles. The van der Waals surface area contributed by atoms with Gasteiger partial charge in [-0.25, -0.2) is 0 Å². The molecule has 1 amide bonds. The molecule has 0 bridgehead atoms. The summed E-state index contributed by atoms with van der Waals surface area (Å²) in [6.45, 7) is 1.19. The summed E-state index contributed by atoms with van der Waals surface area (Å²) in [6.07, 6.45) is 0. The molecular formula is C27H21BrN2O3. The van der Waals surface area contributed by atoms with E-state index in [9.17, 15) is 4.79 Å². The summed E-state index contributed by atoms with van der Waals surface area (Å²) in [5.74, 6) is 0.740. The Balaban J connectivity index is 1.42. The maximum absolute atomic E-state index is 13.1. The van der Waals surface area contributed by atoms with Crippen molar-refractivity contribution in [2.24, 2.45) is 0 Å². The predicted molar refractivity (Wildman–Crippen MR) is 130 cm³/mol. The minimum atomic E-state index is -0.0678. The number of nitrogens with zero attached hydrogens (tertiary/aromatic N) is 2. The molecule has 2 heterocycles. The number of aromatic nitrogens is 1. The van der Waals surface area contributed by atoms with E-state index in [-0.39, 0.29) is 5.91 Å². The monoisotopic (exact) mass is 500 g/mol. The lowest BCUT2D eigenvalue weighted by Crippen LogP contribution is -2.24. The Bertz CT molecular complexity index is 1280. The van der Waals surface area contributed by atoms with Crippen LogP contribution in [0.1, 0.15) is 27.0 Å². The van der Waals surface area contributed by atoms with Crippen molar-refractivity contribution in [3.8, 4) is 11.8 Å². The van der Waals surface area contributed by atoms with Crippen molar-refractivity contribution in [3.63, 3.8) is 0 Å². The number of ether oxygens (including phenoxy) is 2. The van der Waals surface area contributed by atoms with E-state index in [4.69, 9.17) is 9.47 Å². The van der Waals surface area contributed by atoms with Crippen molar-refractivity contribution in [3.05, 3.63) is 118 Å². The largest absolute Gasteiger partial charge is 0.473 e. The molecule has 4 aromatic rings. The molecule has 1 aliphatic rings. The third-order valence-electron chi connectivity index (χ3n) is 5.42. The number of benzene rings is 3. The van der Waals surface area contributed by atoms with E-state index in [1.165, 1.54) is 0 Å². The number of hydrogen-bond acceptors (Lipinski definition) is 4. The first kappa shape index (κ1) is 21.2. The van der Waals surface area contributed by atoms with Gasteiger partial charge >= 0.3 is 0 Å². The van der Waals surface area contributed by atoms with E-state index >= 15 is 0 Å². The lowest BCUT2D eigenvalue weighted by Gasteiger charge is -2.20. The SMILES string of the molecule is O=C1c2ccc(Br)cc2CN1c1ccc(OCc2ccccc2)nc1OCc1ccccc1. The maximum atomic E-state index is 13.1. The predicted octanol–water partition coefficient (Wildman–Crippen LogP) is 6.16. The molecule has 5 nitrogen and oxygen atoms in total. The Morgan fingerprint density at radius 3 is 2.18 bits per heavy atom. The molecule has 3 aromatic carbocycles. The highest BCUT2D eigenvalue weighted by molar-refractivity contribution is 9.10. The van der Waals surface area contributed by atoms with E-state index in [0.717, 1.165) is 21.2 Å². The van der Waals surface area contributed by atoms with Crippen LogP contribution in [0.2, 0.25) is 0 Å². The van der Waals surface area contributed by atoms with Crippen molar-refractivity contribution in [2.45, 2.75) is 19.8 Å².